The van der Waals surface area contributed by atoms with E-state index in [9.17, 15) is 9.59 Å². The number of rotatable bonds is 6. The second kappa shape index (κ2) is 8.67. The number of hydrogen-bond acceptors (Lipinski definition) is 2. The largest absolute Gasteiger partial charge is 0.348 e. The monoisotopic (exact) mass is 358 g/mol. The van der Waals surface area contributed by atoms with Crippen LogP contribution in [0.4, 0.5) is 0 Å². The summed E-state index contributed by atoms with van der Waals surface area (Å²) in [5.41, 5.74) is 2.72. The summed E-state index contributed by atoms with van der Waals surface area (Å²) in [6.07, 6.45) is 0. The highest BCUT2D eigenvalue weighted by Crippen LogP contribution is 2.18. The summed E-state index contributed by atoms with van der Waals surface area (Å²) in [6.45, 7) is 6.12. The van der Waals surface area contributed by atoms with E-state index in [2.05, 4.69) is 36.6 Å². The lowest BCUT2D eigenvalue weighted by atomic mass is 9.99. The van der Waals surface area contributed by atoms with Crippen LogP contribution in [0.2, 0.25) is 5.02 Å². The molecule has 2 amide bonds. The smallest absolute Gasteiger partial charge is 0.251 e. The van der Waals surface area contributed by atoms with Gasteiger partial charge in [-0.05, 0) is 42.2 Å². The third-order valence-electron chi connectivity index (χ3n) is 3.98. The van der Waals surface area contributed by atoms with Crippen molar-refractivity contribution in [2.45, 2.75) is 32.7 Å². The van der Waals surface area contributed by atoms with Crippen molar-refractivity contribution >= 4 is 23.4 Å². The molecule has 0 radical (unpaired) electrons. The molecule has 0 heterocycles. The van der Waals surface area contributed by atoms with Crippen molar-refractivity contribution in [3.63, 3.8) is 0 Å². The van der Waals surface area contributed by atoms with Crippen LogP contribution in [0.1, 0.15) is 54.2 Å². The third kappa shape index (κ3) is 5.61. The third-order valence-corrected chi connectivity index (χ3v) is 4.21. The fraction of sp³-hybridized carbons (Fsp3) is 0.300. The minimum absolute atomic E-state index is 0.0836. The Hall–Kier alpha value is -2.33. The number of nitrogens with one attached hydrogen (secondary N) is 2. The summed E-state index contributed by atoms with van der Waals surface area (Å²) in [5.74, 6) is -0.0944. The summed E-state index contributed by atoms with van der Waals surface area (Å²) in [5, 5.41) is 5.96. The minimum Gasteiger partial charge on any atom is -0.348 e. The van der Waals surface area contributed by atoms with Gasteiger partial charge < -0.3 is 10.6 Å². The van der Waals surface area contributed by atoms with Gasteiger partial charge in [-0.15, -0.1) is 0 Å². The second-order valence-electron chi connectivity index (χ2n) is 6.30. The van der Waals surface area contributed by atoms with Crippen molar-refractivity contribution < 1.29 is 9.59 Å². The van der Waals surface area contributed by atoms with E-state index in [1.807, 2.05) is 19.1 Å². The Balaban J connectivity index is 1.86. The molecule has 0 spiro atoms. The predicted octanol–water partition coefficient (Wildman–Crippen LogP) is 4.07. The molecular weight excluding hydrogens is 336 g/mol. The van der Waals surface area contributed by atoms with Gasteiger partial charge in [0.15, 0.2) is 0 Å². The van der Waals surface area contributed by atoms with Crippen LogP contribution in [0.3, 0.4) is 0 Å². The van der Waals surface area contributed by atoms with E-state index in [0.717, 1.165) is 5.56 Å². The summed E-state index contributed by atoms with van der Waals surface area (Å²) in [4.78, 5) is 24.1. The van der Waals surface area contributed by atoms with Crippen LogP contribution in [0.25, 0.3) is 0 Å². The molecule has 0 saturated carbocycles. The zero-order valence-corrected chi connectivity index (χ0v) is 15.4. The summed E-state index contributed by atoms with van der Waals surface area (Å²) in [6, 6.07) is 14.7. The van der Waals surface area contributed by atoms with E-state index in [0.29, 0.717) is 16.5 Å². The molecule has 0 bridgehead atoms. The summed E-state index contributed by atoms with van der Waals surface area (Å²) >= 11 is 5.86. The molecule has 0 aliphatic rings. The van der Waals surface area contributed by atoms with E-state index < -0.39 is 0 Å². The van der Waals surface area contributed by atoms with E-state index in [1.54, 1.807) is 24.3 Å². The van der Waals surface area contributed by atoms with Gasteiger partial charge in [0, 0.05) is 10.6 Å². The quantitative estimate of drug-likeness (QED) is 0.817. The van der Waals surface area contributed by atoms with Gasteiger partial charge >= 0.3 is 0 Å². The van der Waals surface area contributed by atoms with Gasteiger partial charge in [0.05, 0.1) is 12.6 Å². The van der Waals surface area contributed by atoms with Crippen molar-refractivity contribution in [2.24, 2.45) is 0 Å². The number of hydrogen-bond donors (Lipinski definition) is 2. The molecule has 0 saturated heterocycles. The average molecular weight is 359 g/mol. The Labute approximate surface area is 153 Å². The maximum atomic E-state index is 12.1. The van der Waals surface area contributed by atoms with E-state index in [4.69, 9.17) is 11.6 Å². The zero-order chi connectivity index (χ0) is 18.4. The maximum Gasteiger partial charge on any atom is 0.251 e. The van der Waals surface area contributed by atoms with Gasteiger partial charge in [0.2, 0.25) is 5.91 Å². The van der Waals surface area contributed by atoms with Crippen LogP contribution >= 0.6 is 11.6 Å². The Morgan fingerprint density at radius 3 is 2.24 bits per heavy atom. The fourth-order valence-electron chi connectivity index (χ4n) is 2.44. The topological polar surface area (TPSA) is 58.2 Å². The molecule has 2 aromatic carbocycles. The minimum atomic E-state index is -0.327. The number of benzene rings is 2. The van der Waals surface area contributed by atoms with Gasteiger partial charge in [-0.2, -0.15) is 0 Å². The first-order chi connectivity index (χ1) is 11.9. The van der Waals surface area contributed by atoms with Crippen molar-refractivity contribution in [1.29, 1.82) is 0 Å². The second-order valence-corrected chi connectivity index (χ2v) is 6.74. The molecular formula is C20H23ClN2O2. The summed E-state index contributed by atoms with van der Waals surface area (Å²) < 4.78 is 0. The normalized spacial score (nSPS) is 11.9. The highest BCUT2D eigenvalue weighted by Gasteiger charge is 2.12. The Morgan fingerprint density at radius 2 is 1.64 bits per heavy atom. The lowest BCUT2D eigenvalue weighted by molar-refractivity contribution is -0.120. The Kier molecular flexibility index (Phi) is 6.59. The lowest BCUT2D eigenvalue weighted by Crippen LogP contribution is -2.38. The van der Waals surface area contributed by atoms with Crippen LogP contribution in [0, 0.1) is 0 Å². The standard InChI is InChI=1S/C20H23ClN2O2/c1-13(2)15-7-9-16(10-8-15)14(3)23-19(24)12-22-20(25)17-5-4-6-18(21)11-17/h4-11,13-14H,12H2,1-3H3,(H,22,25)(H,23,24). The molecule has 25 heavy (non-hydrogen) atoms. The molecule has 2 aromatic rings. The van der Waals surface area contributed by atoms with Crippen LogP contribution in [-0.2, 0) is 4.79 Å². The van der Waals surface area contributed by atoms with Crippen molar-refractivity contribution in [3.8, 4) is 0 Å². The van der Waals surface area contributed by atoms with Gasteiger partial charge in [-0.25, -0.2) is 0 Å². The number of carbonyl (C=O) groups excluding carboxylic acids is 2. The van der Waals surface area contributed by atoms with Crippen LogP contribution in [-0.4, -0.2) is 18.4 Å². The van der Waals surface area contributed by atoms with Gasteiger partial charge in [-0.3, -0.25) is 9.59 Å². The molecule has 2 N–H and O–H groups in total. The van der Waals surface area contributed by atoms with Gasteiger partial charge in [0.1, 0.15) is 0 Å². The SMILES string of the molecule is CC(C)c1ccc(C(C)NC(=O)CNC(=O)c2cccc(Cl)c2)cc1. The van der Waals surface area contributed by atoms with E-state index in [1.165, 1.54) is 5.56 Å². The summed E-state index contributed by atoms with van der Waals surface area (Å²) in [7, 11) is 0. The molecule has 0 aliphatic heterocycles. The van der Waals surface area contributed by atoms with Crippen LogP contribution in [0.5, 0.6) is 0 Å². The maximum absolute atomic E-state index is 12.1. The van der Waals surface area contributed by atoms with Crippen molar-refractivity contribution in [2.75, 3.05) is 6.54 Å². The van der Waals surface area contributed by atoms with Crippen LogP contribution in [0.15, 0.2) is 48.5 Å². The Morgan fingerprint density at radius 1 is 1.00 bits per heavy atom. The first-order valence-electron chi connectivity index (χ1n) is 8.30. The van der Waals surface area contributed by atoms with Gasteiger partial charge in [0.25, 0.3) is 5.91 Å². The van der Waals surface area contributed by atoms with Crippen molar-refractivity contribution in [1.82, 2.24) is 10.6 Å². The molecule has 1 unspecified atom stereocenters. The highest BCUT2D eigenvalue weighted by atomic mass is 35.5. The predicted molar refractivity (Wildman–Crippen MR) is 101 cm³/mol. The highest BCUT2D eigenvalue weighted by molar-refractivity contribution is 6.30. The molecule has 0 aliphatic carbocycles. The number of carbonyl (C=O) groups is 2. The first-order valence-corrected chi connectivity index (χ1v) is 8.67. The van der Waals surface area contributed by atoms with E-state index >= 15 is 0 Å². The molecule has 4 nitrogen and oxygen atoms in total. The number of amides is 2. The molecule has 132 valence electrons. The van der Waals surface area contributed by atoms with E-state index in [-0.39, 0.29) is 24.4 Å². The van der Waals surface area contributed by atoms with Gasteiger partial charge in [-0.1, -0.05) is 55.8 Å². The Bertz CT molecular complexity index is 742. The molecule has 2 rings (SSSR count). The number of halogens is 1. The van der Waals surface area contributed by atoms with Crippen LogP contribution < -0.4 is 10.6 Å². The molecule has 1 atom stereocenters. The molecule has 0 fully saturated rings. The van der Waals surface area contributed by atoms with Crippen molar-refractivity contribution in [3.05, 3.63) is 70.2 Å². The first kappa shape index (κ1) is 19.0. The fourth-order valence-corrected chi connectivity index (χ4v) is 2.63. The zero-order valence-electron chi connectivity index (χ0n) is 14.7. The lowest BCUT2D eigenvalue weighted by Gasteiger charge is -2.16. The average Bonchev–Trinajstić information content (AvgIpc) is 2.59. The molecule has 5 heteroatoms. The molecule has 0 aromatic heterocycles.